The number of unbranched alkanes of at least 4 members (excludes halogenated alkanes) is 9. The summed E-state index contributed by atoms with van der Waals surface area (Å²) < 4.78 is 0. The zero-order valence-corrected chi connectivity index (χ0v) is 39.5. The summed E-state index contributed by atoms with van der Waals surface area (Å²) in [6, 6.07) is 13.2. The van der Waals surface area contributed by atoms with E-state index in [4.69, 9.17) is 0 Å². The third-order valence-corrected chi connectivity index (χ3v) is 18.7. The van der Waals surface area contributed by atoms with E-state index in [1.807, 2.05) is 12.1 Å². The van der Waals surface area contributed by atoms with Crippen LogP contribution in [0.25, 0.3) is 0 Å². The normalized spacial score (nSPS) is 34.6. The first-order chi connectivity index (χ1) is 29.9. The number of aliphatic carboxylic acids is 1. The van der Waals surface area contributed by atoms with Crippen molar-refractivity contribution in [3.8, 4) is 5.75 Å². The maximum Gasteiger partial charge on any atom is 0.306 e. The average Bonchev–Trinajstić information content (AvgIpc) is 3.73. The highest BCUT2D eigenvalue weighted by atomic mass is 16.4. The molecule has 4 saturated carbocycles. The van der Waals surface area contributed by atoms with Crippen LogP contribution >= 0.6 is 0 Å². The predicted octanol–water partition coefficient (Wildman–Crippen LogP) is 14.0. The van der Waals surface area contributed by atoms with Crippen LogP contribution in [-0.2, 0) is 17.6 Å². The fraction of sp³-hybridized carbons (Fsp3) is 0.737. The first-order valence-electron chi connectivity index (χ1n) is 26.0. The molecule has 0 bridgehead atoms. The van der Waals surface area contributed by atoms with Crippen LogP contribution in [0.1, 0.15) is 208 Å². The summed E-state index contributed by atoms with van der Waals surface area (Å²) in [6.07, 6.45) is 30.4. The number of fused-ring (bicyclic) bond motifs is 10. The summed E-state index contributed by atoms with van der Waals surface area (Å²) in [5, 5.41) is 41.3. The number of carbonyl (C=O) groups is 1. The number of aliphatic hydroxyl groups excluding tert-OH is 2. The Morgan fingerprint density at radius 1 is 0.710 bits per heavy atom. The first-order valence-corrected chi connectivity index (χ1v) is 26.0. The van der Waals surface area contributed by atoms with Crippen LogP contribution in [0.2, 0.25) is 0 Å². The van der Waals surface area contributed by atoms with Crippen molar-refractivity contribution >= 4 is 5.97 Å². The zero-order valence-electron chi connectivity index (χ0n) is 39.5. The van der Waals surface area contributed by atoms with Crippen molar-refractivity contribution in [2.45, 2.75) is 212 Å². The van der Waals surface area contributed by atoms with Gasteiger partial charge >= 0.3 is 5.97 Å². The smallest absolute Gasteiger partial charge is 0.306 e. The molecule has 4 fully saturated rings. The van der Waals surface area contributed by atoms with Gasteiger partial charge in [-0.15, -0.1) is 6.58 Å². The lowest BCUT2D eigenvalue weighted by atomic mass is 9.52. The largest absolute Gasteiger partial charge is 0.508 e. The summed E-state index contributed by atoms with van der Waals surface area (Å²) in [5.41, 5.74) is 7.65. The van der Waals surface area contributed by atoms with Gasteiger partial charge in [-0.25, -0.2) is 0 Å². The lowest BCUT2D eigenvalue weighted by Gasteiger charge is -2.53. The molecule has 8 rings (SSSR count). The van der Waals surface area contributed by atoms with Crippen molar-refractivity contribution in [3.63, 3.8) is 0 Å². The summed E-state index contributed by atoms with van der Waals surface area (Å²) >= 11 is 0. The molecule has 344 valence electrons. The minimum atomic E-state index is -0.597. The molecule has 0 heterocycles. The number of benzene rings is 2. The molecule has 0 amide bonds. The molecular formula is C57H86O5. The lowest BCUT2D eigenvalue weighted by Crippen LogP contribution is -2.47. The fourth-order valence-corrected chi connectivity index (χ4v) is 15.3. The van der Waals surface area contributed by atoms with E-state index in [1.54, 1.807) is 11.1 Å². The van der Waals surface area contributed by atoms with Gasteiger partial charge in [0.1, 0.15) is 5.75 Å². The Morgan fingerprint density at radius 3 is 1.81 bits per heavy atom. The lowest BCUT2D eigenvalue weighted by molar-refractivity contribution is -0.142. The average molecular weight is 851 g/mol. The molecule has 0 aromatic heterocycles. The maximum absolute atomic E-state index is 11.6. The molecule has 0 spiro atoms. The standard InChI is InChI=1S/C35H56O4.C22H30O/c1-3-4-5-8-11-14-25(34(38)39)15-12-9-6-7-10-13-16-26-23-27-24-28(36)17-18-29(27)30-21-22-35(2)31(33(26)30)19-20-32(35)37;1-4-5-15-13-16-12-14(2)6-7-17(16)18-10-11-22(3)19(21(15)18)8-9-20(22)23/h17-18,24-26,30-33,36-37H,3-16,19-23H2,1-2H3,(H,38,39);4,6-7,12,15,18-21,23H,1,5,8-11,13H2,2-3H3/t25?,26-,30?,31?,32+,33?,35+;15-,18?,19?,20+,21?,22+/m11/s1. The summed E-state index contributed by atoms with van der Waals surface area (Å²) in [5.74, 6) is 4.99. The fourth-order valence-electron chi connectivity index (χ4n) is 15.3. The number of carboxylic acids is 1. The van der Waals surface area contributed by atoms with Crippen LogP contribution in [0.3, 0.4) is 0 Å². The number of aliphatic hydroxyl groups is 2. The van der Waals surface area contributed by atoms with Crippen molar-refractivity contribution in [2.75, 3.05) is 0 Å². The quantitative estimate of drug-likeness (QED) is 0.0885. The summed E-state index contributed by atoms with van der Waals surface area (Å²) in [6.45, 7) is 13.2. The number of phenolic OH excluding ortho intramolecular Hbond substituents is 1. The van der Waals surface area contributed by atoms with E-state index in [0.29, 0.717) is 47.2 Å². The van der Waals surface area contributed by atoms with Crippen LogP contribution in [-0.4, -0.2) is 38.6 Å². The van der Waals surface area contributed by atoms with E-state index in [-0.39, 0.29) is 29.0 Å². The predicted molar refractivity (Wildman–Crippen MR) is 255 cm³/mol. The van der Waals surface area contributed by atoms with Gasteiger partial charge in [-0.2, -0.15) is 0 Å². The highest BCUT2D eigenvalue weighted by Gasteiger charge is 2.58. The highest BCUT2D eigenvalue weighted by Crippen LogP contribution is 2.64. The van der Waals surface area contributed by atoms with E-state index in [9.17, 15) is 25.2 Å². The number of allylic oxidation sites excluding steroid dienone is 1. The van der Waals surface area contributed by atoms with Crippen molar-refractivity contribution in [2.24, 2.45) is 52.3 Å². The molecule has 5 nitrogen and oxygen atoms in total. The van der Waals surface area contributed by atoms with Gasteiger partial charge in [0.05, 0.1) is 18.1 Å². The molecule has 0 saturated heterocycles. The van der Waals surface area contributed by atoms with Crippen LogP contribution in [0.4, 0.5) is 0 Å². The molecular weight excluding hydrogens is 765 g/mol. The zero-order chi connectivity index (χ0) is 44.0. The molecule has 62 heavy (non-hydrogen) atoms. The van der Waals surface area contributed by atoms with Gasteiger partial charge in [-0.1, -0.05) is 127 Å². The SMILES string of the molecule is C=CC[C@@H]1Cc2cc(C)ccc2C2CC[C@@]3(C)C(CC[C@@H]3O)C21.CCCCCCCC(CCCCCCCC[C@@H]1Cc2cc(O)ccc2C2CC[C@@]3(C)C(CC[C@@H]3O)C21)C(=O)O. The second-order valence-corrected chi connectivity index (χ2v) is 22.3. The number of hydrogen-bond acceptors (Lipinski definition) is 4. The van der Waals surface area contributed by atoms with Gasteiger partial charge in [0.2, 0.25) is 0 Å². The first kappa shape index (κ1) is 47.3. The molecule has 13 atom stereocenters. The third kappa shape index (κ3) is 10.1. The van der Waals surface area contributed by atoms with Crippen LogP contribution in [0, 0.1) is 59.2 Å². The Kier molecular flexibility index (Phi) is 16.1. The van der Waals surface area contributed by atoms with Crippen LogP contribution in [0.5, 0.6) is 5.75 Å². The van der Waals surface area contributed by atoms with Crippen molar-refractivity contribution in [3.05, 3.63) is 76.9 Å². The van der Waals surface area contributed by atoms with Gasteiger partial charge in [0, 0.05) is 0 Å². The Morgan fingerprint density at radius 2 is 1.23 bits per heavy atom. The van der Waals surface area contributed by atoms with E-state index in [2.05, 4.69) is 64.6 Å². The molecule has 2 aromatic carbocycles. The summed E-state index contributed by atoms with van der Waals surface area (Å²) in [4.78, 5) is 11.6. The maximum atomic E-state index is 11.6. The van der Waals surface area contributed by atoms with Gasteiger partial charge < -0.3 is 20.4 Å². The number of hydrogen-bond donors (Lipinski definition) is 4. The minimum absolute atomic E-state index is 0.0805. The van der Waals surface area contributed by atoms with Gasteiger partial charge in [0.25, 0.3) is 0 Å². The summed E-state index contributed by atoms with van der Waals surface area (Å²) in [7, 11) is 0. The molecule has 0 radical (unpaired) electrons. The highest BCUT2D eigenvalue weighted by molar-refractivity contribution is 5.69. The molecule has 5 heteroatoms. The van der Waals surface area contributed by atoms with Crippen molar-refractivity contribution < 1.29 is 25.2 Å². The number of rotatable bonds is 18. The van der Waals surface area contributed by atoms with Gasteiger partial charge in [-0.3, -0.25) is 4.79 Å². The van der Waals surface area contributed by atoms with E-state index < -0.39 is 5.97 Å². The molecule has 2 aromatic rings. The van der Waals surface area contributed by atoms with E-state index >= 15 is 0 Å². The third-order valence-electron chi connectivity index (χ3n) is 18.7. The molecule has 6 aliphatic rings. The number of phenols is 1. The Bertz CT molecular complexity index is 1780. The van der Waals surface area contributed by atoms with Gasteiger partial charge in [0.15, 0.2) is 0 Å². The Balaban J connectivity index is 0.000000212. The van der Waals surface area contributed by atoms with Crippen molar-refractivity contribution in [1.29, 1.82) is 0 Å². The van der Waals surface area contributed by atoms with E-state index in [0.717, 1.165) is 70.1 Å². The van der Waals surface area contributed by atoms with Crippen LogP contribution < -0.4 is 0 Å². The topological polar surface area (TPSA) is 98.0 Å². The molecule has 7 unspecified atom stereocenters. The number of aryl methyl sites for hydroxylation is 1. The molecule has 0 aliphatic heterocycles. The number of carboxylic acid groups (broad SMARTS) is 1. The van der Waals surface area contributed by atoms with Crippen molar-refractivity contribution in [1.82, 2.24) is 0 Å². The minimum Gasteiger partial charge on any atom is -0.508 e. The van der Waals surface area contributed by atoms with Gasteiger partial charge in [-0.05, 0) is 189 Å². The molecule has 6 aliphatic carbocycles. The van der Waals surface area contributed by atoms with E-state index in [1.165, 1.54) is 113 Å². The molecule has 4 N–H and O–H groups in total. The Hall–Kier alpha value is -2.63. The number of aromatic hydroxyl groups is 1. The second kappa shape index (κ2) is 21.1. The van der Waals surface area contributed by atoms with Crippen LogP contribution in [0.15, 0.2) is 49.1 Å². The second-order valence-electron chi connectivity index (χ2n) is 22.3. The Labute approximate surface area is 377 Å². The monoisotopic (exact) mass is 851 g/mol.